The minimum Gasteiger partial charge on any atom is -0.391 e. The zero-order valence-corrected chi connectivity index (χ0v) is 9.61. The maximum Gasteiger partial charge on any atom is 0.327 e. The number of nitrogens with zero attached hydrogens (tertiary/aromatic N) is 1. The van der Waals surface area contributed by atoms with Crippen LogP contribution in [0.4, 0.5) is 0 Å². The van der Waals surface area contributed by atoms with Gasteiger partial charge in [-0.05, 0) is 18.9 Å². The summed E-state index contributed by atoms with van der Waals surface area (Å²) in [5, 5.41) is 0. The van der Waals surface area contributed by atoms with Crippen LogP contribution in [0.2, 0.25) is 0 Å². The molecular formula is C12H19NO3. The number of hydrogen-bond acceptors (Lipinski definition) is 4. The van der Waals surface area contributed by atoms with Gasteiger partial charge in [0, 0.05) is 0 Å². The zero-order valence-electron chi connectivity index (χ0n) is 9.61. The first-order valence-electron chi connectivity index (χ1n) is 6.20. The summed E-state index contributed by atoms with van der Waals surface area (Å²) in [6, 6.07) is 0. The Morgan fingerprint density at radius 1 is 1.06 bits per heavy atom. The van der Waals surface area contributed by atoms with Crippen molar-refractivity contribution in [2.45, 2.75) is 38.5 Å². The van der Waals surface area contributed by atoms with Crippen LogP contribution in [0.3, 0.4) is 0 Å². The molecule has 0 aromatic rings. The van der Waals surface area contributed by atoms with Crippen LogP contribution in [0, 0.1) is 5.92 Å². The van der Waals surface area contributed by atoms with E-state index in [-0.39, 0.29) is 13.1 Å². The summed E-state index contributed by atoms with van der Waals surface area (Å²) in [7, 11) is 0. The molecule has 90 valence electrons. The molecule has 4 heteroatoms. The second kappa shape index (κ2) is 5.43. The smallest absolute Gasteiger partial charge is 0.327 e. The molecule has 0 atom stereocenters. The molecule has 0 amide bonds. The minimum atomic E-state index is -0.403. The molecule has 2 aliphatic rings. The standard InChI is InChI=1S/C12H19NO3/c14-11-8-13(9-12(15)16-11)7-6-10-4-2-1-3-5-10/h10H,1-9H2. The number of ether oxygens (including phenoxy) is 1. The third-order valence-corrected chi connectivity index (χ3v) is 3.51. The Balaban J connectivity index is 1.72. The van der Waals surface area contributed by atoms with Crippen molar-refractivity contribution >= 4 is 11.9 Å². The third-order valence-electron chi connectivity index (χ3n) is 3.51. The molecule has 1 saturated carbocycles. The van der Waals surface area contributed by atoms with E-state index in [9.17, 15) is 9.59 Å². The number of rotatable bonds is 3. The number of esters is 2. The lowest BCUT2D eigenvalue weighted by molar-refractivity contribution is -0.166. The second-order valence-corrected chi connectivity index (χ2v) is 4.85. The van der Waals surface area contributed by atoms with Crippen LogP contribution < -0.4 is 0 Å². The highest BCUT2D eigenvalue weighted by atomic mass is 16.6. The predicted molar refractivity (Wildman–Crippen MR) is 58.7 cm³/mol. The monoisotopic (exact) mass is 225 g/mol. The van der Waals surface area contributed by atoms with E-state index in [1.54, 1.807) is 0 Å². The van der Waals surface area contributed by atoms with Gasteiger partial charge in [0.2, 0.25) is 0 Å². The highest BCUT2D eigenvalue weighted by molar-refractivity contribution is 5.90. The molecule has 0 bridgehead atoms. The van der Waals surface area contributed by atoms with Crippen LogP contribution in [-0.4, -0.2) is 36.5 Å². The minimum absolute atomic E-state index is 0.276. The fourth-order valence-electron chi connectivity index (χ4n) is 2.61. The van der Waals surface area contributed by atoms with Crippen LogP contribution in [-0.2, 0) is 14.3 Å². The summed E-state index contributed by atoms with van der Waals surface area (Å²) in [6.45, 7) is 1.41. The number of carbonyl (C=O) groups is 2. The van der Waals surface area contributed by atoms with E-state index in [0.717, 1.165) is 18.9 Å². The fourth-order valence-corrected chi connectivity index (χ4v) is 2.61. The molecule has 1 aliphatic carbocycles. The Labute approximate surface area is 95.9 Å². The molecule has 0 spiro atoms. The highest BCUT2D eigenvalue weighted by Crippen LogP contribution is 2.26. The molecule has 1 aliphatic heterocycles. The molecule has 0 unspecified atom stereocenters. The van der Waals surface area contributed by atoms with Crippen molar-refractivity contribution in [2.24, 2.45) is 5.92 Å². The van der Waals surface area contributed by atoms with Crippen LogP contribution in [0.1, 0.15) is 38.5 Å². The van der Waals surface area contributed by atoms with Gasteiger partial charge in [-0.2, -0.15) is 0 Å². The van der Waals surface area contributed by atoms with Gasteiger partial charge in [0.25, 0.3) is 0 Å². The largest absolute Gasteiger partial charge is 0.391 e. The van der Waals surface area contributed by atoms with E-state index in [1.165, 1.54) is 32.1 Å². The Hall–Kier alpha value is -0.900. The molecule has 4 nitrogen and oxygen atoms in total. The van der Waals surface area contributed by atoms with E-state index in [2.05, 4.69) is 4.74 Å². The van der Waals surface area contributed by atoms with Gasteiger partial charge in [0.05, 0.1) is 13.1 Å². The van der Waals surface area contributed by atoms with Crippen molar-refractivity contribution in [3.63, 3.8) is 0 Å². The molecule has 0 aromatic carbocycles. The van der Waals surface area contributed by atoms with Crippen molar-refractivity contribution < 1.29 is 14.3 Å². The van der Waals surface area contributed by atoms with Crippen LogP contribution in [0.25, 0.3) is 0 Å². The summed E-state index contributed by atoms with van der Waals surface area (Å²) >= 11 is 0. The SMILES string of the molecule is O=C1CN(CCC2CCCCC2)CC(=O)O1. The van der Waals surface area contributed by atoms with Crippen molar-refractivity contribution in [1.82, 2.24) is 4.90 Å². The third kappa shape index (κ3) is 3.30. The molecule has 16 heavy (non-hydrogen) atoms. The van der Waals surface area contributed by atoms with Gasteiger partial charge in [-0.3, -0.25) is 14.5 Å². The van der Waals surface area contributed by atoms with Crippen molar-refractivity contribution in [1.29, 1.82) is 0 Å². The number of carbonyl (C=O) groups excluding carboxylic acids is 2. The van der Waals surface area contributed by atoms with E-state index < -0.39 is 11.9 Å². The average Bonchev–Trinajstić information content (AvgIpc) is 2.27. The molecule has 1 heterocycles. The quantitative estimate of drug-likeness (QED) is 0.537. The molecule has 0 radical (unpaired) electrons. The lowest BCUT2D eigenvalue weighted by Crippen LogP contribution is -2.43. The predicted octanol–water partition coefficient (Wildman–Crippen LogP) is 1.34. The van der Waals surface area contributed by atoms with E-state index >= 15 is 0 Å². The first kappa shape index (κ1) is 11.6. The summed E-state index contributed by atoms with van der Waals surface area (Å²) in [5.74, 6) is -0.0124. The molecule has 2 rings (SSSR count). The van der Waals surface area contributed by atoms with Crippen LogP contribution in [0.15, 0.2) is 0 Å². The average molecular weight is 225 g/mol. The maximum absolute atomic E-state index is 11.1. The maximum atomic E-state index is 11.1. The van der Waals surface area contributed by atoms with Gasteiger partial charge >= 0.3 is 11.9 Å². The van der Waals surface area contributed by atoms with Gasteiger partial charge in [-0.25, -0.2) is 0 Å². The zero-order chi connectivity index (χ0) is 11.4. The van der Waals surface area contributed by atoms with Crippen LogP contribution in [0.5, 0.6) is 0 Å². The molecule has 2 fully saturated rings. The molecule has 0 N–H and O–H groups in total. The van der Waals surface area contributed by atoms with Gasteiger partial charge < -0.3 is 4.74 Å². The first-order valence-corrected chi connectivity index (χ1v) is 6.20. The Kier molecular flexibility index (Phi) is 3.93. The highest BCUT2D eigenvalue weighted by Gasteiger charge is 2.25. The second-order valence-electron chi connectivity index (χ2n) is 4.85. The Bertz CT molecular complexity index is 255. The summed E-state index contributed by atoms with van der Waals surface area (Å²) in [5.41, 5.74) is 0. The van der Waals surface area contributed by atoms with Crippen molar-refractivity contribution in [3.05, 3.63) is 0 Å². The van der Waals surface area contributed by atoms with Crippen molar-refractivity contribution in [2.75, 3.05) is 19.6 Å². The van der Waals surface area contributed by atoms with Gasteiger partial charge in [-0.1, -0.05) is 32.1 Å². The topological polar surface area (TPSA) is 46.6 Å². The molecule has 0 aromatic heterocycles. The fraction of sp³-hybridized carbons (Fsp3) is 0.833. The van der Waals surface area contributed by atoms with Crippen molar-refractivity contribution in [3.8, 4) is 0 Å². The van der Waals surface area contributed by atoms with E-state index in [4.69, 9.17) is 0 Å². The van der Waals surface area contributed by atoms with Gasteiger partial charge in [-0.15, -0.1) is 0 Å². The number of morpholine rings is 1. The Morgan fingerprint density at radius 2 is 1.69 bits per heavy atom. The van der Waals surface area contributed by atoms with Gasteiger partial charge in [0.15, 0.2) is 0 Å². The molecule has 1 saturated heterocycles. The summed E-state index contributed by atoms with van der Waals surface area (Å²) < 4.78 is 4.49. The summed E-state index contributed by atoms with van der Waals surface area (Å²) in [4.78, 5) is 24.0. The van der Waals surface area contributed by atoms with E-state index in [1.807, 2.05) is 4.90 Å². The Morgan fingerprint density at radius 3 is 2.31 bits per heavy atom. The first-order chi connectivity index (χ1) is 7.74. The number of cyclic esters (lactones) is 2. The van der Waals surface area contributed by atoms with E-state index in [0.29, 0.717) is 0 Å². The van der Waals surface area contributed by atoms with Gasteiger partial charge in [0.1, 0.15) is 0 Å². The lowest BCUT2D eigenvalue weighted by atomic mass is 9.87. The lowest BCUT2D eigenvalue weighted by Gasteiger charge is -2.27. The number of hydrogen-bond donors (Lipinski definition) is 0. The van der Waals surface area contributed by atoms with Crippen LogP contribution >= 0.6 is 0 Å². The summed E-state index contributed by atoms with van der Waals surface area (Å²) in [6.07, 6.45) is 7.78. The molecular weight excluding hydrogens is 206 g/mol. The normalized spacial score (nSPS) is 24.5.